The molecule has 0 spiro atoms. The van der Waals surface area contributed by atoms with Crippen LogP contribution in [0, 0.1) is 18.2 Å². The maximum atomic E-state index is 13.8. The number of aliphatic hydroxyl groups is 1. The fourth-order valence-electron chi connectivity index (χ4n) is 1.78. The quantitative estimate of drug-likeness (QED) is 0.811. The molecule has 0 aliphatic carbocycles. The Bertz CT molecular complexity index is 384. The van der Waals surface area contributed by atoms with Gasteiger partial charge in [0, 0.05) is 12.1 Å². The highest BCUT2D eigenvalue weighted by Gasteiger charge is 2.42. The SMILES string of the molecule is Cc1ccc(F)c(C(O)(CN)C(C)(C)C)c1. The Balaban J connectivity index is 3.39. The molecule has 1 rings (SSSR count). The van der Waals surface area contributed by atoms with E-state index in [0.29, 0.717) is 0 Å². The molecule has 0 amide bonds. The van der Waals surface area contributed by atoms with Crippen LogP contribution in [0.25, 0.3) is 0 Å². The Hall–Kier alpha value is -0.930. The fraction of sp³-hybridized carbons (Fsp3) is 0.538. The van der Waals surface area contributed by atoms with Crippen molar-refractivity contribution in [2.24, 2.45) is 11.1 Å². The minimum absolute atomic E-state index is 0.00310. The molecule has 3 heteroatoms. The van der Waals surface area contributed by atoms with Gasteiger partial charge in [-0.3, -0.25) is 0 Å². The summed E-state index contributed by atoms with van der Waals surface area (Å²) in [6.07, 6.45) is 0. The first-order chi connectivity index (χ1) is 7.22. The molecule has 2 nitrogen and oxygen atoms in total. The van der Waals surface area contributed by atoms with E-state index in [-0.39, 0.29) is 12.1 Å². The lowest BCUT2D eigenvalue weighted by Gasteiger charge is -2.40. The lowest BCUT2D eigenvalue weighted by atomic mass is 9.72. The zero-order chi connectivity index (χ0) is 12.6. The van der Waals surface area contributed by atoms with Crippen molar-refractivity contribution >= 4 is 0 Å². The number of hydrogen-bond acceptors (Lipinski definition) is 2. The van der Waals surface area contributed by atoms with Gasteiger partial charge in [0.1, 0.15) is 11.4 Å². The van der Waals surface area contributed by atoms with Gasteiger partial charge in [-0.25, -0.2) is 4.39 Å². The largest absolute Gasteiger partial charge is 0.383 e. The number of benzene rings is 1. The summed E-state index contributed by atoms with van der Waals surface area (Å²) in [7, 11) is 0. The van der Waals surface area contributed by atoms with E-state index in [0.717, 1.165) is 5.56 Å². The number of halogens is 1. The van der Waals surface area contributed by atoms with Crippen LogP contribution in [0.2, 0.25) is 0 Å². The summed E-state index contributed by atoms with van der Waals surface area (Å²) in [5.41, 5.74) is 4.96. The predicted octanol–water partition coefficient (Wildman–Crippen LogP) is 2.33. The molecule has 90 valence electrons. The van der Waals surface area contributed by atoms with Crippen LogP contribution in [0.5, 0.6) is 0 Å². The third-order valence-corrected chi connectivity index (χ3v) is 3.10. The van der Waals surface area contributed by atoms with E-state index in [1.54, 1.807) is 12.1 Å². The minimum Gasteiger partial charge on any atom is -0.383 e. The average Bonchev–Trinajstić information content (AvgIpc) is 2.19. The van der Waals surface area contributed by atoms with Crippen LogP contribution in [-0.2, 0) is 5.60 Å². The molecule has 0 heterocycles. The normalized spacial score (nSPS) is 15.9. The minimum atomic E-state index is -1.34. The second-order valence-corrected chi connectivity index (χ2v) is 5.30. The summed E-state index contributed by atoms with van der Waals surface area (Å²) in [6, 6.07) is 4.71. The number of rotatable bonds is 2. The molecule has 3 N–H and O–H groups in total. The molecule has 0 fully saturated rings. The monoisotopic (exact) mass is 225 g/mol. The molecule has 16 heavy (non-hydrogen) atoms. The standard InChI is InChI=1S/C13H20FNO/c1-9-5-6-11(14)10(7-9)13(16,8-15)12(2,3)4/h5-7,16H,8,15H2,1-4H3. The van der Waals surface area contributed by atoms with Crippen molar-refractivity contribution in [2.75, 3.05) is 6.54 Å². The first-order valence-electron chi connectivity index (χ1n) is 5.41. The van der Waals surface area contributed by atoms with E-state index in [1.165, 1.54) is 6.07 Å². The van der Waals surface area contributed by atoms with Gasteiger partial charge in [-0.2, -0.15) is 0 Å². The third-order valence-electron chi connectivity index (χ3n) is 3.10. The van der Waals surface area contributed by atoms with Gasteiger partial charge in [0.15, 0.2) is 0 Å². The lowest BCUT2D eigenvalue weighted by molar-refractivity contribution is -0.0584. The van der Waals surface area contributed by atoms with Gasteiger partial charge in [-0.15, -0.1) is 0 Å². The summed E-state index contributed by atoms with van der Waals surface area (Å²) >= 11 is 0. The van der Waals surface area contributed by atoms with Gasteiger partial charge >= 0.3 is 0 Å². The van der Waals surface area contributed by atoms with E-state index >= 15 is 0 Å². The van der Waals surface area contributed by atoms with E-state index in [1.807, 2.05) is 27.7 Å². The van der Waals surface area contributed by atoms with Crippen molar-refractivity contribution < 1.29 is 9.50 Å². The highest BCUT2D eigenvalue weighted by atomic mass is 19.1. The maximum absolute atomic E-state index is 13.8. The number of nitrogens with two attached hydrogens (primary N) is 1. The summed E-state index contributed by atoms with van der Waals surface area (Å²) in [5, 5.41) is 10.6. The van der Waals surface area contributed by atoms with E-state index in [2.05, 4.69) is 0 Å². The highest BCUT2D eigenvalue weighted by Crippen LogP contribution is 2.39. The van der Waals surface area contributed by atoms with Gasteiger partial charge in [0.2, 0.25) is 0 Å². The predicted molar refractivity (Wildman–Crippen MR) is 63.5 cm³/mol. The molecular formula is C13H20FNO. The van der Waals surface area contributed by atoms with Gasteiger partial charge in [0.25, 0.3) is 0 Å². The topological polar surface area (TPSA) is 46.2 Å². The molecular weight excluding hydrogens is 205 g/mol. The first-order valence-corrected chi connectivity index (χ1v) is 5.41. The van der Waals surface area contributed by atoms with Crippen molar-refractivity contribution in [1.82, 2.24) is 0 Å². The average molecular weight is 225 g/mol. The first kappa shape index (κ1) is 13.1. The van der Waals surface area contributed by atoms with E-state index in [4.69, 9.17) is 5.73 Å². The van der Waals surface area contributed by atoms with E-state index in [9.17, 15) is 9.50 Å². The molecule has 0 aliphatic rings. The second kappa shape index (κ2) is 4.15. The van der Waals surface area contributed by atoms with Gasteiger partial charge in [-0.05, 0) is 18.4 Å². The number of aryl methyl sites for hydroxylation is 1. The summed E-state index contributed by atoms with van der Waals surface area (Å²) in [6.45, 7) is 7.41. The Morgan fingerprint density at radius 2 is 1.88 bits per heavy atom. The molecule has 1 aromatic carbocycles. The molecule has 1 atom stereocenters. The van der Waals surface area contributed by atoms with Crippen molar-refractivity contribution in [3.63, 3.8) is 0 Å². The van der Waals surface area contributed by atoms with E-state index < -0.39 is 16.8 Å². The second-order valence-electron chi connectivity index (χ2n) is 5.30. The van der Waals surface area contributed by atoms with Gasteiger partial charge < -0.3 is 10.8 Å². The third kappa shape index (κ3) is 2.11. The van der Waals surface area contributed by atoms with Crippen LogP contribution in [0.4, 0.5) is 4.39 Å². The molecule has 1 unspecified atom stereocenters. The highest BCUT2D eigenvalue weighted by molar-refractivity contribution is 5.31. The van der Waals surface area contributed by atoms with Crippen molar-refractivity contribution in [3.05, 3.63) is 35.1 Å². The zero-order valence-electron chi connectivity index (χ0n) is 10.3. The molecule has 0 saturated carbocycles. The summed E-state index contributed by atoms with van der Waals surface area (Å²) < 4.78 is 13.8. The van der Waals surface area contributed by atoms with Crippen molar-refractivity contribution in [3.8, 4) is 0 Å². The summed E-state index contributed by atoms with van der Waals surface area (Å²) in [4.78, 5) is 0. The smallest absolute Gasteiger partial charge is 0.129 e. The molecule has 0 bridgehead atoms. The summed E-state index contributed by atoms with van der Waals surface area (Å²) in [5.74, 6) is -0.409. The van der Waals surface area contributed by atoms with Crippen molar-refractivity contribution in [2.45, 2.75) is 33.3 Å². The zero-order valence-corrected chi connectivity index (χ0v) is 10.3. The van der Waals surface area contributed by atoms with Gasteiger partial charge in [-0.1, -0.05) is 38.5 Å². The molecule has 0 radical (unpaired) electrons. The van der Waals surface area contributed by atoms with Gasteiger partial charge in [0.05, 0.1) is 0 Å². The fourth-order valence-corrected chi connectivity index (χ4v) is 1.78. The Morgan fingerprint density at radius 1 is 1.31 bits per heavy atom. The van der Waals surface area contributed by atoms with Crippen LogP contribution >= 0.6 is 0 Å². The maximum Gasteiger partial charge on any atom is 0.129 e. The Kier molecular flexibility index (Phi) is 3.41. The molecule has 1 aromatic rings. The molecule has 0 saturated heterocycles. The molecule has 0 aliphatic heterocycles. The van der Waals surface area contributed by atoms with Crippen LogP contribution in [-0.4, -0.2) is 11.7 Å². The Morgan fingerprint density at radius 3 is 2.31 bits per heavy atom. The lowest BCUT2D eigenvalue weighted by Crippen LogP contribution is -2.47. The van der Waals surface area contributed by atoms with Crippen molar-refractivity contribution in [1.29, 1.82) is 0 Å². The molecule has 0 aromatic heterocycles. The van der Waals surface area contributed by atoms with Crippen LogP contribution in [0.1, 0.15) is 31.9 Å². The van der Waals surface area contributed by atoms with Crippen LogP contribution in [0.15, 0.2) is 18.2 Å². The number of hydrogen-bond donors (Lipinski definition) is 2. The Labute approximate surface area is 96.3 Å². The van der Waals surface area contributed by atoms with Crippen LogP contribution in [0.3, 0.4) is 0 Å². The van der Waals surface area contributed by atoms with Crippen LogP contribution < -0.4 is 5.73 Å².